The highest BCUT2D eigenvalue weighted by Crippen LogP contribution is 2.01. The zero-order chi connectivity index (χ0) is 14.2. The van der Waals surface area contributed by atoms with Crippen LogP contribution in [0.4, 0.5) is 0 Å². The molecule has 20 heavy (non-hydrogen) atoms. The second kappa shape index (κ2) is 7.13. The molecular formula is C15H17N3O2. The standard InChI is InChI=1S/C15H17N3O2/c1-2-16-15(17-11-12-7-4-3-5-8-12)18-14(19)13-9-6-10-20-13/h3-10H,2,11H2,1H3,(H2,16,17,18,19). The highest BCUT2D eigenvalue weighted by Gasteiger charge is 2.10. The number of benzene rings is 1. The summed E-state index contributed by atoms with van der Waals surface area (Å²) in [6.45, 7) is 3.12. The topological polar surface area (TPSA) is 66.6 Å². The Kier molecular flexibility index (Phi) is 4.94. The van der Waals surface area contributed by atoms with Crippen LogP contribution in [-0.4, -0.2) is 18.4 Å². The van der Waals surface area contributed by atoms with Crippen molar-refractivity contribution in [3.8, 4) is 0 Å². The number of rotatable bonds is 4. The molecular weight excluding hydrogens is 254 g/mol. The lowest BCUT2D eigenvalue weighted by molar-refractivity contribution is 0.0948. The van der Waals surface area contributed by atoms with Gasteiger partial charge in [-0.2, -0.15) is 0 Å². The molecule has 2 rings (SSSR count). The molecule has 1 heterocycles. The molecule has 0 radical (unpaired) electrons. The number of guanidine groups is 1. The van der Waals surface area contributed by atoms with Gasteiger partial charge in [0, 0.05) is 6.54 Å². The Morgan fingerprint density at radius 3 is 2.65 bits per heavy atom. The zero-order valence-corrected chi connectivity index (χ0v) is 11.3. The van der Waals surface area contributed by atoms with Crippen molar-refractivity contribution in [3.05, 3.63) is 60.1 Å². The molecule has 1 aromatic carbocycles. The number of aliphatic imine (C=N–C) groups is 1. The number of nitrogens with zero attached hydrogens (tertiary/aromatic N) is 1. The smallest absolute Gasteiger partial charge is 0.293 e. The Morgan fingerprint density at radius 2 is 2.00 bits per heavy atom. The number of carbonyl (C=O) groups is 1. The third kappa shape index (κ3) is 3.98. The first-order valence-electron chi connectivity index (χ1n) is 6.46. The van der Waals surface area contributed by atoms with E-state index in [9.17, 15) is 4.79 Å². The molecule has 5 nitrogen and oxygen atoms in total. The van der Waals surface area contributed by atoms with Gasteiger partial charge in [0.1, 0.15) is 0 Å². The average Bonchev–Trinajstić information content (AvgIpc) is 3.00. The zero-order valence-electron chi connectivity index (χ0n) is 11.3. The van der Waals surface area contributed by atoms with E-state index in [1.165, 1.54) is 6.26 Å². The lowest BCUT2D eigenvalue weighted by atomic mass is 10.2. The molecule has 2 aromatic rings. The Bertz CT molecular complexity index is 562. The number of amides is 1. The maximum Gasteiger partial charge on any atom is 0.293 e. The number of nitrogens with one attached hydrogen (secondary N) is 2. The predicted molar refractivity (Wildman–Crippen MR) is 77.4 cm³/mol. The molecule has 0 saturated carbocycles. The van der Waals surface area contributed by atoms with E-state index in [0.717, 1.165) is 5.56 Å². The van der Waals surface area contributed by atoms with E-state index in [-0.39, 0.29) is 11.7 Å². The van der Waals surface area contributed by atoms with E-state index < -0.39 is 0 Å². The summed E-state index contributed by atoms with van der Waals surface area (Å²) < 4.78 is 5.04. The Hall–Kier alpha value is -2.56. The average molecular weight is 271 g/mol. The SMILES string of the molecule is CCNC(=NCc1ccccc1)NC(=O)c1ccco1. The van der Waals surface area contributed by atoms with Gasteiger partial charge < -0.3 is 9.73 Å². The summed E-state index contributed by atoms with van der Waals surface area (Å²) in [6, 6.07) is 13.1. The number of hydrogen-bond donors (Lipinski definition) is 2. The summed E-state index contributed by atoms with van der Waals surface area (Å²) in [7, 11) is 0. The van der Waals surface area contributed by atoms with Crippen LogP contribution in [0, 0.1) is 0 Å². The van der Waals surface area contributed by atoms with E-state index >= 15 is 0 Å². The summed E-state index contributed by atoms with van der Waals surface area (Å²) in [5, 5.41) is 5.72. The van der Waals surface area contributed by atoms with Gasteiger partial charge in [-0.25, -0.2) is 4.99 Å². The van der Waals surface area contributed by atoms with Gasteiger partial charge in [-0.15, -0.1) is 0 Å². The summed E-state index contributed by atoms with van der Waals surface area (Å²) in [4.78, 5) is 16.2. The van der Waals surface area contributed by atoms with Crippen LogP contribution in [0.15, 0.2) is 58.1 Å². The third-order valence-electron chi connectivity index (χ3n) is 2.58. The first-order valence-corrected chi connectivity index (χ1v) is 6.46. The quantitative estimate of drug-likeness (QED) is 0.661. The Labute approximate surface area is 117 Å². The van der Waals surface area contributed by atoms with Crippen LogP contribution in [0.3, 0.4) is 0 Å². The fourth-order valence-corrected chi connectivity index (χ4v) is 1.64. The first-order chi connectivity index (χ1) is 9.79. The molecule has 0 spiro atoms. The van der Waals surface area contributed by atoms with Crippen LogP contribution in [0.5, 0.6) is 0 Å². The van der Waals surface area contributed by atoms with Crippen LogP contribution in [0.25, 0.3) is 0 Å². The predicted octanol–water partition coefficient (Wildman–Crippen LogP) is 2.18. The van der Waals surface area contributed by atoms with Gasteiger partial charge in [-0.1, -0.05) is 30.3 Å². The van der Waals surface area contributed by atoms with Gasteiger partial charge in [0.25, 0.3) is 5.91 Å². The van der Waals surface area contributed by atoms with E-state index in [0.29, 0.717) is 19.0 Å². The number of carbonyl (C=O) groups excluding carboxylic acids is 1. The number of furan rings is 1. The van der Waals surface area contributed by atoms with E-state index in [1.807, 2.05) is 37.3 Å². The van der Waals surface area contributed by atoms with E-state index in [2.05, 4.69) is 15.6 Å². The van der Waals surface area contributed by atoms with Crippen LogP contribution < -0.4 is 10.6 Å². The molecule has 0 aliphatic carbocycles. The van der Waals surface area contributed by atoms with E-state index in [1.54, 1.807) is 12.1 Å². The Morgan fingerprint density at radius 1 is 1.20 bits per heavy atom. The van der Waals surface area contributed by atoms with Crippen LogP contribution in [-0.2, 0) is 6.54 Å². The second-order valence-electron chi connectivity index (χ2n) is 4.11. The molecule has 0 fully saturated rings. The highest BCUT2D eigenvalue weighted by atomic mass is 16.3. The van der Waals surface area contributed by atoms with E-state index in [4.69, 9.17) is 4.42 Å². The fraction of sp³-hybridized carbons (Fsp3) is 0.200. The van der Waals surface area contributed by atoms with Crippen molar-refractivity contribution in [2.75, 3.05) is 6.54 Å². The van der Waals surface area contributed by atoms with Crippen LogP contribution in [0.1, 0.15) is 23.0 Å². The molecule has 0 saturated heterocycles. The van der Waals surface area contributed by atoms with Crippen molar-refractivity contribution in [2.24, 2.45) is 4.99 Å². The first kappa shape index (κ1) is 13.9. The summed E-state index contributed by atoms with van der Waals surface area (Å²) >= 11 is 0. The minimum Gasteiger partial charge on any atom is -0.459 e. The van der Waals surface area contributed by atoms with Gasteiger partial charge in [0.15, 0.2) is 11.7 Å². The number of hydrogen-bond acceptors (Lipinski definition) is 3. The second-order valence-corrected chi connectivity index (χ2v) is 4.11. The maximum absolute atomic E-state index is 11.9. The summed E-state index contributed by atoms with van der Waals surface area (Å²) in [5.41, 5.74) is 1.08. The lowest BCUT2D eigenvalue weighted by Gasteiger charge is -2.09. The van der Waals surface area contributed by atoms with Crippen molar-refractivity contribution < 1.29 is 9.21 Å². The van der Waals surface area contributed by atoms with Crippen molar-refractivity contribution in [1.82, 2.24) is 10.6 Å². The normalized spacial score (nSPS) is 11.2. The molecule has 1 amide bonds. The van der Waals surface area contributed by atoms with Crippen molar-refractivity contribution >= 4 is 11.9 Å². The summed E-state index contributed by atoms with van der Waals surface area (Å²) in [5.74, 6) is 0.385. The molecule has 0 bridgehead atoms. The minimum atomic E-state index is -0.317. The summed E-state index contributed by atoms with van der Waals surface area (Å²) in [6.07, 6.45) is 1.46. The molecule has 2 N–H and O–H groups in total. The fourth-order valence-electron chi connectivity index (χ4n) is 1.64. The largest absolute Gasteiger partial charge is 0.459 e. The molecule has 5 heteroatoms. The molecule has 0 aliphatic rings. The van der Waals surface area contributed by atoms with Crippen molar-refractivity contribution in [3.63, 3.8) is 0 Å². The van der Waals surface area contributed by atoms with Crippen molar-refractivity contribution in [1.29, 1.82) is 0 Å². The van der Waals surface area contributed by atoms with Gasteiger partial charge in [0.05, 0.1) is 12.8 Å². The maximum atomic E-state index is 11.9. The van der Waals surface area contributed by atoms with Gasteiger partial charge in [-0.05, 0) is 24.6 Å². The van der Waals surface area contributed by atoms with Crippen molar-refractivity contribution in [2.45, 2.75) is 13.5 Å². The third-order valence-corrected chi connectivity index (χ3v) is 2.58. The minimum absolute atomic E-state index is 0.260. The molecule has 104 valence electrons. The van der Waals surface area contributed by atoms with Crippen LogP contribution in [0.2, 0.25) is 0 Å². The molecule has 0 unspecified atom stereocenters. The molecule has 1 aromatic heterocycles. The lowest BCUT2D eigenvalue weighted by Crippen LogP contribution is -2.40. The molecule has 0 aliphatic heterocycles. The van der Waals surface area contributed by atoms with Gasteiger partial charge in [-0.3, -0.25) is 10.1 Å². The molecule has 0 atom stereocenters. The Balaban J connectivity index is 2.01. The monoisotopic (exact) mass is 271 g/mol. The van der Waals surface area contributed by atoms with Crippen LogP contribution >= 0.6 is 0 Å². The van der Waals surface area contributed by atoms with Gasteiger partial charge in [0.2, 0.25) is 0 Å². The highest BCUT2D eigenvalue weighted by molar-refractivity contribution is 6.04. The van der Waals surface area contributed by atoms with Gasteiger partial charge >= 0.3 is 0 Å².